The van der Waals surface area contributed by atoms with Crippen LogP contribution in [0.3, 0.4) is 0 Å². The molecule has 0 spiro atoms. The lowest BCUT2D eigenvalue weighted by molar-refractivity contribution is -0.123. The number of hydrogen-bond donors (Lipinski definition) is 3. The van der Waals surface area contributed by atoms with Gasteiger partial charge in [0.05, 0.1) is 0 Å². The van der Waals surface area contributed by atoms with Crippen molar-refractivity contribution in [3.8, 4) is 0 Å². The van der Waals surface area contributed by atoms with Crippen LogP contribution in [0.25, 0.3) is 10.9 Å². The molecule has 2 aromatic rings. The van der Waals surface area contributed by atoms with Gasteiger partial charge in [-0.1, -0.05) is 19.9 Å². The second-order valence-electron chi connectivity index (χ2n) is 5.02. The second-order valence-corrected chi connectivity index (χ2v) is 5.02. The van der Waals surface area contributed by atoms with E-state index in [1.54, 1.807) is 0 Å². The first kappa shape index (κ1) is 13.6. The fourth-order valence-corrected chi connectivity index (χ4v) is 1.92. The molecule has 0 radical (unpaired) electrons. The molecule has 0 unspecified atom stereocenters. The van der Waals surface area contributed by atoms with Gasteiger partial charge in [0.25, 0.3) is 0 Å². The molecule has 0 bridgehead atoms. The Balaban J connectivity index is 1.72. The van der Waals surface area contributed by atoms with Crippen molar-refractivity contribution < 1.29 is 4.79 Å². The molecule has 0 aliphatic rings. The maximum absolute atomic E-state index is 11.4. The van der Waals surface area contributed by atoms with Gasteiger partial charge < -0.3 is 15.6 Å². The summed E-state index contributed by atoms with van der Waals surface area (Å²) in [6.45, 7) is 6.06. The van der Waals surface area contributed by atoms with Crippen LogP contribution in [0.1, 0.15) is 19.4 Å². The maximum Gasteiger partial charge on any atom is 0.222 e. The van der Waals surface area contributed by atoms with Crippen molar-refractivity contribution in [3.63, 3.8) is 0 Å². The van der Waals surface area contributed by atoms with Crippen molar-refractivity contribution in [2.75, 3.05) is 13.1 Å². The number of fused-ring (bicyclic) bond motifs is 1. The molecule has 0 saturated heterocycles. The van der Waals surface area contributed by atoms with Gasteiger partial charge in [0, 0.05) is 37.3 Å². The lowest BCUT2D eigenvalue weighted by Crippen LogP contribution is -2.34. The van der Waals surface area contributed by atoms with E-state index in [0.717, 1.165) is 18.6 Å². The summed E-state index contributed by atoms with van der Waals surface area (Å²) >= 11 is 0. The molecule has 1 amide bonds. The lowest BCUT2D eigenvalue weighted by atomic mass is 10.1. The zero-order valence-corrected chi connectivity index (χ0v) is 11.5. The van der Waals surface area contributed by atoms with Gasteiger partial charge in [-0.25, -0.2) is 0 Å². The quantitative estimate of drug-likeness (QED) is 0.695. The van der Waals surface area contributed by atoms with Crippen LogP contribution in [0.2, 0.25) is 0 Å². The number of nitrogens with one attached hydrogen (secondary N) is 3. The largest absolute Gasteiger partial charge is 0.361 e. The van der Waals surface area contributed by atoms with Gasteiger partial charge in [-0.3, -0.25) is 4.79 Å². The summed E-state index contributed by atoms with van der Waals surface area (Å²) in [7, 11) is 0. The van der Waals surface area contributed by atoms with E-state index in [2.05, 4.69) is 39.9 Å². The Morgan fingerprint density at radius 2 is 2.11 bits per heavy atom. The van der Waals surface area contributed by atoms with Gasteiger partial charge in [0.15, 0.2) is 0 Å². The van der Waals surface area contributed by atoms with Crippen molar-refractivity contribution in [3.05, 3.63) is 36.0 Å². The van der Waals surface area contributed by atoms with Crippen molar-refractivity contribution in [1.29, 1.82) is 0 Å². The smallest absolute Gasteiger partial charge is 0.222 e. The van der Waals surface area contributed by atoms with E-state index in [0.29, 0.717) is 6.54 Å². The third kappa shape index (κ3) is 3.83. The number of hydrogen-bond acceptors (Lipinski definition) is 2. The van der Waals surface area contributed by atoms with Crippen LogP contribution in [-0.2, 0) is 11.3 Å². The molecule has 1 aromatic carbocycles. The third-order valence-corrected chi connectivity index (χ3v) is 3.07. The first-order chi connectivity index (χ1) is 9.16. The van der Waals surface area contributed by atoms with E-state index in [1.807, 2.05) is 20.0 Å². The fraction of sp³-hybridized carbons (Fsp3) is 0.400. The summed E-state index contributed by atoms with van der Waals surface area (Å²) in [6.07, 6.45) is 1.95. The highest BCUT2D eigenvalue weighted by Gasteiger charge is 2.04. The Kier molecular flexibility index (Phi) is 4.58. The molecular formula is C15H21N3O. The van der Waals surface area contributed by atoms with E-state index < -0.39 is 0 Å². The van der Waals surface area contributed by atoms with Gasteiger partial charge >= 0.3 is 0 Å². The minimum atomic E-state index is 0.0519. The molecule has 1 heterocycles. The predicted octanol–water partition coefficient (Wildman–Crippen LogP) is 2.03. The first-order valence-electron chi connectivity index (χ1n) is 6.71. The Hall–Kier alpha value is -1.81. The Labute approximate surface area is 113 Å². The number of carbonyl (C=O) groups excluding carboxylic acids is 1. The van der Waals surface area contributed by atoms with E-state index >= 15 is 0 Å². The zero-order chi connectivity index (χ0) is 13.7. The van der Waals surface area contributed by atoms with E-state index in [-0.39, 0.29) is 11.8 Å². The summed E-state index contributed by atoms with van der Waals surface area (Å²) in [5.74, 6) is 0.159. The Bertz CT molecular complexity index is 545. The van der Waals surface area contributed by atoms with Crippen LogP contribution in [-0.4, -0.2) is 24.0 Å². The van der Waals surface area contributed by atoms with Gasteiger partial charge in [0.1, 0.15) is 0 Å². The zero-order valence-electron chi connectivity index (χ0n) is 11.5. The summed E-state index contributed by atoms with van der Waals surface area (Å²) < 4.78 is 0. The Morgan fingerprint density at radius 1 is 1.26 bits per heavy atom. The van der Waals surface area contributed by atoms with Crippen molar-refractivity contribution in [2.24, 2.45) is 5.92 Å². The highest BCUT2D eigenvalue weighted by atomic mass is 16.1. The van der Waals surface area contributed by atoms with E-state index in [4.69, 9.17) is 0 Å². The summed E-state index contributed by atoms with van der Waals surface area (Å²) in [5.41, 5.74) is 2.41. The Morgan fingerprint density at radius 3 is 2.89 bits per heavy atom. The van der Waals surface area contributed by atoms with Crippen LogP contribution >= 0.6 is 0 Å². The number of rotatable bonds is 6. The predicted molar refractivity (Wildman–Crippen MR) is 77.9 cm³/mol. The highest BCUT2D eigenvalue weighted by Crippen LogP contribution is 2.13. The van der Waals surface area contributed by atoms with Crippen LogP contribution in [0.4, 0.5) is 0 Å². The topological polar surface area (TPSA) is 56.9 Å². The normalized spacial score (nSPS) is 11.1. The molecule has 0 saturated carbocycles. The maximum atomic E-state index is 11.4. The number of carbonyl (C=O) groups is 1. The molecule has 2 rings (SSSR count). The van der Waals surface area contributed by atoms with Crippen LogP contribution in [0.15, 0.2) is 30.5 Å². The number of benzene rings is 1. The van der Waals surface area contributed by atoms with E-state index in [9.17, 15) is 4.79 Å². The number of amides is 1. The van der Waals surface area contributed by atoms with Crippen LogP contribution < -0.4 is 10.6 Å². The van der Waals surface area contributed by atoms with Gasteiger partial charge in [-0.15, -0.1) is 0 Å². The summed E-state index contributed by atoms with van der Waals surface area (Å²) in [4.78, 5) is 14.5. The monoisotopic (exact) mass is 259 g/mol. The fourth-order valence-electron chi connectivity index (χ4n) is 1.92. The molecule has 0 aliphatic carbocycles. The first-order valence-corrected chi connectivity index (χ1v) is 6.71. The van der Waals surface area contributed by atoms with Gasteiger partial charge in [0.2, 0.25) is 5.91 Å². The minimum absolute atomic E-state index is 0.0519. The molecule has 102 valence electrons. The molecule has 3 N–H and O–H groups in total. The second kappa shape index (κ2) is 6.38. The van der Waals surface area contributed by atoms with Gasteiger partial charge in [-0.05, 0) is 29.1 Å². The minimum Gasteiger partial charge on any atom is -0.361 e. The average Bonchev–Trinajstić information content (AvgIpc) is 2.85. The molecule has 4 heteroatoms. The van der Waals surface area contributed by atoms with Gasteiger partial charge in [-0.2, -0.15) is 0 Å². The average molecular weight is 259 g/mol. The van der Waals surface area contributed by atoms with Crippen LogP contribution in [0, 0.1) is 5.92 Å². The third-order valence-electron chi connectivity index (χ3n) is 3.07. The standard InChI is InChI=1S/C15H21N3O/c1-11(2)15(19)18-8-7-16-10-12-3-4-14-13(9-12)5-6-17-14/h3-6,9,11,16-17H,7-8,10H2,1-2H3,(H,18,19). The molecule has 4 nitrogen and oxygen atoms in total. The molecule has 0 atom stereocenters. The highest BCUT2D eigenvalue weighted by molar-refractivity contribution is 5.79. The molecule has 0 aliphatic heterocycles. The lowest BCUT2D eigenvalue weighted by Gasteiger charge is -2.08. The molecule has 19 heavy (non-hydrogen) atoms. The molecule has 0 fully saturated rings. The number of aromatic amines is 1. The van der Waals surface area contributed by atoms with Crippen molar-refractivity contribution >= 4 is 16.8 Å². The van der Waals surface area contributed by atoms with Crippen molar-refractivity contribution in [1.82, 2.24) is 15.6 Å². The summed E-state index contributed by atoms with van der Waals surface area (Å²) in [6, 6.07) is 8.44. The number of H-pyrrole nitrogens is 1. The number of aromatic nitrogens is 1. The van der Waals surface area contributed by atoms with Crippen molar-refractivity contribution in [2.45, 2.75) is 20.4 Å². The molecular weight excluding hydrogens is 238 g/mol. The van der Waals surface area contributed by atoms with E-state index in [1.165, 1.54) is 10.9 Å². The SMILES string of the molecule is CC(C)C(=O)NCCNCc1ccc2[nH]ccc2c1. The molecule has 1 aromatic heterocycles. The summed E-state index contributed by atoms with van der Waals surface area (Å²) in [5, 5.41) is 7.44. The van der Waals surface area contributed by atoms with Crippen LogP contribution in [0.5, 0.6) is 0 Å².